The van der Waals surface area contributed by atoms with Gasteiger partial charge in [-0.3, -0.25) is 4.79 Å². The molecule has 0 unspecified atom stereocenters. The number of carbonyl (C=O) groups is 1. The summed E-state index contributed by atoms with van der Waals surface area (Å²) in [6.45, 7) is 0. The van der Waals surface area contributed by atoms with Gasteiger partial charge in [-0.15, -0.1) is 0 Å². The summed E-state index contributed by atoms with van der Waals surface area (Å²) in [6, 6.07) is 2.98. The van der Waals surface area contributed by atoms with E-state index in [0.29, 0.717) is 35.7 Å². The highest BCUT2D eigenvalue weighted by molar-refractivity contribution is 5.70. The van der Waals surface area contributed by atoms with Gasteiger partial charge < -0.3 is 19.1 Å². The third kappa shape index (κ3) is 3.31. The van der Waals surface area contributed by atoms with E-state index in [2.05, 4.69) is 4.98 Å². The second kappa shape index (κ2) is 7.13. The lowest BCUT2D eigenvalue weighted by Crippen LogP contribution is -2.23. The number of benzene rings is 1. The largest absolute Gasteiger partial charge is 0.493 e. The molecule has 6 nitrogen and oxygen atoms in total. The number of carboxylic acids is 1. The second-order valence-corrected chi connectivity index (χ2v) is 6.19. The Bertz CT molecular complexity index is 766. The number of hydrogen-bond donors (Lipinski definition) is 1. The minimum atomic E-state index is -0.741. The van der Waals surface area contributed by atoms with Crippen molar-refractivity contribution in [2.75, 3.05) is 14.2 Å². The number of hydrogen-bond acceptors (Lipinski definition) is 4. The molecule has 1 heterocycles. The highest BCUT2D eigenvalue weighted by Crippen LogP contribution is 2.38. The molecule has 0 atom stereocenters. The van der Waals surface area contributed by atoms with E-state index in [1.165, 1.54) is 20.3 Å². The molecular weight excluding hydrogens is 327 g/mol. The van der Waals surface area contributed by atoms with Gasteiger partial charge in [-0.25, -0.2) is 9.37 Å². The molecule has 0 aliphatic heterocycles. The lowest BCUT2D eigenvalue weighted by atomic mass is 9.86. The number of aromatic nitrogens is 2. The van der Waals surface area contributed by atoms with Gasteiger partial charge in [0.05, 0.1) is 25.7 Å². The third-order valence-electron chi connectivity index (χ3n) is 4.82. The molecule has 3 rings (SSSR count). The molecule has 25 heavy (non-hydrogen) atoms. The Hall–Kier alpha value is -2.57. The van der Waals surface area contributed by atoms with Crippen molar-refractivity contribution in [3.8, 4) is 22.9 Å². The molecule has 0 bridgehead atoms. The molecule has 1 saturated carbocycles. The van der Waals surface area contributed by atoms with Crippen molar-refractivity contribution < 1.29 is 23.8 Å². The molecular formula is C18H21FN2O4. The number of ether oxygens (including phenoxy) is 2. The van der Waals surface area contributed by atoms with E-state index in [0.717, 1.165) is 12.8 Å². The Kier molecular flexibility index (Phi) is 4.92. The van der Waals surface area contributed by atoms with Crippen molar-refractivity contribution in [1.82, 2.24) is 9.55 Å². The van der Waals surface area contributed by atoms with Crippen molar-refractivity contribution in [2.45, 2.75) is 31.7 Å². The zero-order valence-corrected chi connectivity index (χ0v) is 14.2. The van der Waals surface area contributed by atoms with Gasteiger partial charge in [0.25, 0.3) is 0 Å². The fraction of sp³-hybridized carbons (Fsp3) is 0.444. The first kappa shape index (κ1) is 17.3. The van der Waals surface area contributed by atoms with Crippen LogP contribution in [0.25, 0.3) is 11.4 Å². The summed E-state index contributed by atoms with van der Waals surface area (Å²) in [5.41, 5.74) is 0.336. The van der Waals surface area contributed by atoms with Crippen LogP contribution in [0.3, 0.4) is 0 Å². The Morgan fingerprint density at radius 1 is 1.20 bits per heavy atom. The van der Waals surface area contributed by atoms with Crippen LogP contribution in [0.5, 0.6) is 11.5 Å². The summed E-state index contributed by atoms with van der Waals surface area (Å²) in [6.07, 6.45) is 6.15. The Morgan fingerprint density at radius 2 is 1.84 bits per heavy atom. The highest BCUT2D eigenvalue weighted by atomic mass is 19.1. The van der Waals surface area contributed by atoms with Gasteiger partial charge in [-0.1, -0.05) is 0 Å². The first-order valence-corrected chi connectivity index (χ1v) is 8.22. The minimum absolute atomic E-state index is 0.112. The topological polar surface area (TPSA) is 73.6 Å². The van der Waals surface area contributed by atoms with Crippen molar-refractivity contribution >= 4 is 5.97 Å². The summed E-state index contributed by atoms with van der Waals surface area (Å²) in [4.78, 5) is 15.4. The maximum Gasteiger partial charge on any atom is 0.306 e. The molecule has 0 spiro atoms. The molecule has 0 saturated heterocycles. The number of carboxylic acid groups (broad SMARTS) is 1. The molecule has 134 valence electrons. The number of halogens is 1. The van der Waals surface area contributed by atoms with Gasteiger partial charge >= 0.3 is 5.97 Å². The summed E-state index contributed by atoms with van der Waals surface area (Å²) >= 11 is 0. The number of aliphatic carboxylic acids is 1. The molecule has 1 aromatic heterocycles. The molecule has 7 heteroatoms. The van der Waals surface area contributed by atoms with Crippen LogP contribution in [0.2, 0.25) is 0 Å². The predicted octanol–water partition coefficient (Wildman–Crippen LogP) is 3.52. The van der Waals surface area contributed by atoms with Gasteiger partial charge in [0.1, 0.15) is 11.6 Å². The van der Waals surface area contributed by atoms with Gasteiger partial charge in [-0.05, 0) is 31.7 Å². The van der Waals surface area contributed by atoms with Crippen LogP contribution in [-0.4, -0.2) is 34.8 Å². The van der Waals surface area contributed by atoms with E-state index in [9.17, 15) is 9.18 Å². The van der Waals surface area contributed by atoms with Gasteiger partial charge in [0.15, 0.2) is 11.5 Å². The summed E-state index contributed by atoms with van der Waals surface area (Å²) in [7, 11) is 2.96. The smallest absolute Gasteiger partial charge is 0.306 e. The van der Waals surface area contributed by atoms with E-state index in [-0.39, 0.29) is 12.0 Å². The lowest BCUT2D eigenvalue weighted by molar-refractivity contribution is -0.143. The number of nitrogens with zero attached hydrogens (tertiary/aromatic N) is 2. The average molecular weight is 348 g/mol. The van der Waals surface area contributed by atoms with Gasteiger partial charge in [0.2, 0.25) is 0 Å². The maximum atomic E-state index is 14.6. The van der Waals surface area contributed by atoms with E-state index in [1.54, 1.807) is 12.3 Å². The Morgan fingerprint density at radius 3 is 2.44 bits per heavy atom. The normalized spacial score (nSPS) is 20.3. The first-order valence-electron chi connectivity index (χ1n) is 8.22. The van der Waals surface area contributed by atoms with Crippen LogP contribution in [0.1, 0.15) is 31.7 Å². The lowest BCUT2D eigenvalue weighted by Gasteiger charge is -2.28. The van der Waals surface area contributed by atoms with Crippen molar-refractivity contribution in [1.29, 1.82) is 0 Å². The number of rotatable bonds is 5. The van der Waals surface area contributed by atoms with Crippen LogP contribution in [0.4, 0.5) is 4.39 Å². The second-order valence-electron chi connectivity index (χ2n) is 6.19. The summed E-state index contributed by atoms with van der Waals surface area (Å²) in [5, 5.41) is 9.14. The summed E-state index contributed by atoms with van der Waals surface area (Å²) < 4.78 is 26.9. The molecule has 0 amide bonds. The molecule has 0 radical (unpaired) electrons. The first-order chi connectivity index (χ1) is 12.0. The molecule has 1 fully saturated rings. The van der Waals surface area contributed by atoms with Crippen molar-refractivity contribution in [2.24, 2.45) is 5.92 Å². The van der Waals surface area contributed by atoms with Gasteiger partial charge in [-0.2, -0.15) is 0 Å². The van der Waals surface area contributed by atoms with Crippen molar-refractivity contribution in [3.63, 3.8) is 0 Å². The SMILES string of the molecule is COc1cc(F)c(-c2nccn2C2CCC(C(=O)O)CC2)cc1OC. The summed E-state index contributed by atoms with van der Waals surface area (Å²) in [5.74, 6) is -0.204. The molecule has 1 aliphatic carbocycles. The predicted molar refractivity (Wildman–Crippen MR) is 89.4 cm³/mol. The monoisotopic (exact) mass is 348 g/mol. The Balaban J connectivity index is 1.91. The fourth-order valence-corrected chi connectivity index (χ4v) is 3.44. The zero-order valence-electron chi connectivity index (χ0n) is 14.2. The van der Waals surface area contributed by atoms with Crippen LogP contribution < -0.4 is 9.47 Å². The molecule has 1 N–H and O–H groups in total. The zero-order chi connectivity index (χ0) is 18.0. The van der Waals surface area contributed by atoms with E-state index < -0.39 is 11.8 Å². The Labute approximate surface area is 145 Å². The van der Waals surface area contributed by atoms with Gasteiger partial charge in [0, 0.05) is 24.5 Å². The highest BCUT2D eigenvalue weighted by Gasteiger charge is 2.28. The van der Waals surface area contributed by atoms with Crippen LogP contribution in [0.15, 0.2) is 24.5 Å². The molecule has 1 aliphatic rings. The number of imidazole rings is 1. The third-order valence-corrected chi connectivity index (χ3v) is 4.82. The van der Waals surface area contributed by atoms with E-state index in [1.807, 2.05) is 10.8 Å². The molecule has 2 aromatic rings. The number of methoxy groups -OCH3 is 2. The van der Waals surface area contributed by atoms with Crippen molar-refractivity contribution in [3.05, 3.63) is 30.3 Å². The van der Waals surface area contributed by atoms with Crippen LogP contribution in [-0.2, 0) is 4.79 Å². The van der Waals surface area contributed by atoms with E-state index in [4.69, 9.17) is 14.6 Å². The maximum absolute atomic E-state index is 14.6. The van der Waals surface area contributed by atoms with E-state index >= 15 is 0 Å². The minimum Gasteiger partial charge on any atom is -0.493 e. The van der Waals surface area contributed by atoms with Crippen LogP contribution >= 0.6 is 0 Å². The average Bonchev–Trinajstić information content (AvgIpc) is 3.10. The quantitative estimate of drug-likeness (QED) is 0.895. The standard InChI is InChI=1S/C18H21FN2O4/c1-24-15-9-13(14(19)10-16(15)25-2)17-20-7-8-21(17)12-5-3-11(4-6-12)18(22)23/h7-12H,3-6H2,1-2H3,(H,22,23). The van der Waals surface area contributed by atoms with Crippen LogP contribution in [0, 0.1) is 11.7 Å². The fourth-order valence-electron chi connectivity index (χ4n) is 3.44. The molecule has 1 aromatic carbocycles.